The van der Waals surface area contributed by atoms with Gasteiger partial charge in [0.1, 0.15) is 11.8 Å². The van der Waals surface area contributed by atoms with E-state index in [2.05, 4.69) is 55.5 Å². The molecule has 1 N–H and O–H groups in total. The quantitative estimate of drug-likeness (QED) is 0.118. The van der Waals surface area contributed by atoms with Crippen LogP contribution in [0.2, 0.25) is 18.6 Å². The van der Waals surface area contributed by atoms with Gasteiger partial charge in [-0.3, -0.25) is 9.48 Å². The van der Waals surface area contributed by atoms with E-state index in [1.54, 1.807) is 24.0 Å². The van der Waals surface area contributed by atoms with Crippen LogP contribution in [0.3, 0.4) is 0 Å². The van der Waals surface area contributed by atoms with Crippen molar-refractivity contribution in [1.29, 1.82) is 0 Å². The van der Waals surface area contributed by atoms with E-state index in [0.717, 1.165) is 29.5 Å². The highest BCUT2D eigenvalue weighted by Crippen LogP contribution is 2.60. The number of aliphatic hydroxyl groups excluding tert-OH is 1. The second-order valence-corrected chi connectivity index (χ2v) is 18.2. The Labute approximate surface area is 279 Å². The van der Waals surface area contributed by atoms with Gasteiger partial charge in [0, 0.05) is 30.7 Å². The van der Waals surface area contributed by atoms with Crippen molar-refractivity contribution in [3.63, 3.8) is 0 Å². The molecule has 224 valence electrons. The van der Waals surface area contributed by atoms with Crippen LogP contribution >= 0.6 is 45.2 Å². The summed E-state index contributed by atoms with van der Waals surface area (Å²) in [5, 5.41) is 19.2. The number of rotatable bonds is 8. The van der Waals surface area contributed by atoms with E-state index in [-0.39, 0.29) is 11.8 Å². The molecule has 0 radical (unpaired) electrons. The number of halogens is 3. The van der Waals surface area contributed by atoms with Gasteiger partial charge in [-0.05, 0) is 106 Å². The van der Waals surface area contributed by atoms with Crippen molar-refractivity contribution in [3.8, 4) is 0 Å². The minimum atomic E-state index is -3.29. The third kappa shape index (κ3) is 5.71. The van der Waals surface area contributed by atoms with Crippen LogP contribution in [-0.4, -0.2) is 40.5 Å². The van der Waals surface area contributed by atoms with Crippen LogP contribution in [0.5, 0.6) is 0 Å². The number of ether oxygens (including phenoxy) is 1. The number of benzene rings is 3. The fourth-order valence-corrected chi connectivity index (χ4v) is 10.2. The summed E-state index contributed by atoms with van der Waals surface area (Å²) in [6.45, 7) is 6.25. The van der Waals surface area contributed by atoms with Gasteiger partial charge in [-0.25, -0.2) is 0 Å². The lowest BCUT2D eigenvalue weighted by Gasteiger charge is -2.31. The largest absolute Gasteiger partial charge is 0.382 e. The van der Waals surface area contributed by atoms with Crippen molar-refractivity contribution in [2.45, 2.75) is 62.9 Å². The van der Waals surface area contributed by atoms with Crippen LogP contribution in [0.25, 0.3) is 0 Å². The highest BCUT2D eigenvalue weighted by atomic mass is 127. The maximum atomic E-state index is 16.2. The Morgan fingerprint density at radius 1 is 1.07 bits per heavy atom. The molecule has 7 nitrogen and oxygen atoms in total. The number of aliphatic hydroxyl groups is 1. The normalized spacial score (nSPS) is 24.1. The molecule has 1 fully saturated rings. The Hall–Kier alpha value is -2.20. The summed E-state index contributed by atoms with van der Waals surface area (Å²) in [6.07, 6.45) is 0.812. The van der Waals surface area contributed by atoms with Crippen LogP contribution in [-0.2, 0) is 28.2 Å². The Kier molecular flexibility index (Phi) is 8.56. The molecule has 6 rings (SSSR count). The molecule has 0 bridgehead atoms. The number of amides is 1. The van der Waals surface area contributed by atoms with Crippen LogP contribution in [0, 0.1) is 13.1 Å². The highest BCUT2D eigenvalue weighted by molar-refractivity contribution is 14.1. The first-order valence-corrected chi connectivity index (χ1v) is 19.5. The molecule has 11 heteroatoms. The molecule has 0 unspecified atom stereocenters. The fourth-order valence-electron chi connectivity index (χ4n) is 6.83. The number of hydrogen-bond acceptors (Lipinski definition) is 5. The fraction of sp³-hybridized carbons (Fsp3) is 0.344. The number of fused-ring (bicyclic) bond motifs is 2. The minimum absolute atomic E-state index is 0.129. The topological polar surface area (TPSA) is 80.5 Å². The zero-order valence-corrected chi connectivity index (χ0v) is 29.4. The molecule has 0 saturated carbocycles. The van der Waals surface area contributed by atoms with Crippen molar-refractivity contribution in [2.75, 3.05) is 4.90 Å². The molecule has 3 heterocycles. The van der Waals surface area contributed by atoms with E-state index in [1.165, 1.54) is 0 Å². The van der Waals surface area contributed by atoms with Crippen molar-refractivity contribution in [1.82, 2.24) is 15.0 Å². The third-order valence-electron chi connectivity index (χ3n) is 8.77. The summed E-state index contributed by atoms with van der Waals surface area (Å²) in [6, 6.07) is 23.5. The zero-order valence-electron chi connectivity index (χ0n) is 24.1. The molecule has 1 saturated heterocycles. The summed E-state index contributed by atoms with van der Waals surface area (Å²) in [7, 11) is -3.29. The van der Waals surface area contributed by atoms with Crippen molar-refractivity contribution in [2.24, 2.45) is 5.92 Å². The number of aryl methyl sites for hydroxylation is 1. The SMILES string of the molecule is C[C@H]1[C@H]([Si](C)(C)F)[C@@H](CCn2cc([C@H](O)c3ccccc3)nn2)O[C@]12C(=O)N(Cc1ccc(I)cc1)c1ccc(I)cc12. The lowest BCUT2D eigenvalue weighted by atomic mass is 9.82. The third-order valence-corrected chi connectivity index (χ3v) is 12.6. The first-order chi connectivity index (χ1) is 20.5. The molecule has 1 amide bonds. The van der Waals surface area contributed by atoms with E-state index in [9.17, 15) is 9.90 Å². The minimum Gasteiger partial charge on any atom is -0.382 e. The molecule has 1 aromatic heterocycles. The van der Waals surface area contributed by atoms with Gasteiger partial charge in [0.05, 0.1) is 24.5 Å². The molecule has 5 atom stereocenters. The number of anilines is 1. The van der Waals surface area contributed by atoms with E-state index >= 15 is 4.11 Å². The second kappa shape index (κ2) is 12.0. The van der Waals surface area contributed by atoms with Gasteiger partial charge in [0.15, 0.2) is 5.60 Å². The molecular weight excluding hydrogens is 789 g/mol. The van der Waals surface area contributed by atoms with Gasteiger partial charge in [0.25, 0.3) is 5.91 Å². The molecule has 2 aliphatic rings. The highest BCUT2D eigenvalue weighted by Gasteiger charge is 2.66. The lowest BCUT2D eigenvalue weighted by molar-refractivity contribution is -0.146. The molecule has 4 aromatic rings. The zero-order chi connectivity index (χ0) is 30.5. The number of carbonyl (C=O) groups is 1. The Morgan fingerprint density at radius 3 is 2.47 bits per heavy atom. The maximum Gasteiger partial charge on any atom is 0.264 e. The van der Waals surface area contributed by atoms with Gasteiger partial charge < -0.3 is 18.9 Å². The second-order valence-electron chi connectivity index (χ2n) is 12.0. The van der Waals surface area contributed by atoms with Crippen molar-refractivity contribution in [3.05, 3.63) is 109 Å². The molecule has 0 aliphatic carbocycles. The van der Waals surface area contributed by atoms with Crippen LogP contribution in [0.1, 0.15) is 41.8 Å². The Balaban J connectivity index is 1.29. The predicted octanol–water partition coefficient (Wildman–Crippen LogP) is 6.98. The molecule has 43 heavy (non-hydrogen) atoms. The summed E-state index contributed by atoms with van der Waals surface area (Å²) in [5.41, 5.74) is 2.18. The Bertz CT molecular complexity index is 1630. The average molecular weight is 823 g/mol. The number of aromatic nitrogens is 3. The number of carbonyl (C=O) groups excluding carboxylic acids is 1. The van der Waals surface area contributed by atoms with Crippen molar-refractivity contribution >= 4 is 65.2 Å². The summed E-state index contributed by atoms with van der Waals surface area (Å²) >= 11 is 4.54. The molecular formula is C32H33FI2N4O3Si. The monoisotopic (exact) mass is 822 g/mol. The van der Waals surface area contributed by atoms with Crippen LogP contribution in [0.15, 0.2) is 79.0 Å². The van der Waals surface area contributed by atoms with Gasteiger partial charge >= 0.3 is 0 Å². The number of hydrogen-bond donors (Lipinski definition) is 1. The summed E-state index contributed by atoms with van der Waals surface area (Å²) < 4.78 is 26.9. The molecule has 2 aliphatic heterocycles. The van der Waals surface area contributed by atoms with Gasteiger partial charge in [-0.15, -0.1) is 5.10 Å². The van der Waals surface area contributed by atoms with Gasteiger partial charge in [-0.1, -0.05) is 54.6 Å². The summed E-state index contributed by atoms with van der Waals surface area (Å²) in [4.78, 5) is 16.3. The molecule has 3 aromatic carbocycles. The van der Waals surface area contributed by atoms with Gasteiger partial charge in [-0.2, -0.15) is 0 Å². The average Bonchev–Trinajstić information content (AvgIpc) is 3.64. The van der Waals surface area contributed by atoms with E-state index in [4.69, 9.17) is 4.74 Å². The molecule has 1 spiro atoms. The predicted molar refractivity (Wildman–Crippen MR) is 183 cm³/mol. The first-order valence-electron chi connectivity index (χ1n) is 14.3. The van der Waals surface area contributed by atoms with Crippen LogP contribution < -0.4 is 4.90 Å². The van der Waals surface area contributed by atoms with Crippen molar-refractivity contribution < 1.29 is 18.7 Å². The van der Waals surface area contributed by atoms with Gasteiger partial charge in [0.2, 0.25) is 8.41 Å². The smallest absolute Gasteiger partial charge is 0.264 e. The van der Waals surface area contributed by atoms with E-state index in [0.29, 0.717) is 25.2 Å². The van der Waals surface area contributed by atoms with E-state index < -0.39 is 31.8 Å². The van der Waals surface area contributed by atoms with E-state index in [1.807, 2.05) is 84.6 Å². The lowest BCUT2D eigenvalue weighted by Crippen LogP contribution is -2.45. The standard InChI is InChI=1S/C32H33FI2N4O3Si/c1-20-30(43(2,3)33)28(15-16-38-19-26(36-37-38)29(40)22-7-5-4-6-8-22)42-32(20)25-17-24(35)13-14-27(25)39(31(32)41)18-21-9-11-23(34)12-10-21/h4-14,17,19-20,28-30,40H,15-16,18H2,1-3H3/t20-,28+,29+,30-,32+/m0/s1. The maximum absolute atomic E-state index is 16.2. The summed E-state index contributed by atoms with van der Waals surface area (Å²) in [5.74, 6) is -0.489. The van der Waals surface area contributed by atoms with Crippen LogP contribution in [0.4, 0.5) is 9.80 Å². The first kappa shape index (κ1) is 30.8. The number of nitrogens with zero attached hydrogens (tertiary/aromatic N) is 4. The Morgan fingerprint density at radius 2 is 1.77 bits per heavy atom.